The number of nitro groups is 1. The SMILES string of the molecule is COc1cccc2oc(-c3nc4ccccc4c(=O)n3N=Cc3cc(Br)ccc3Oc3ccc([N+](=O)[O-])cn3)cc12. The molecule has 0 saturated carbocycles. The van der Waals surface area contributed by atoms with Gasteiger partial charge < -0.3 is 13.9 Å². The first-order valence-corrected chi connectivity index (χ1v) is 12.9. The second-order valence-electron chi connectivity index (χ2n) is 8.69. The van der Waals surface area contributed by atoms with E-state index in [9.17, 15) is 14.9 Å². The standard InChI is InChI=1S/C29H18BrN5O6/c1-39-24-7-4-8-25-21(24)14-26(40-25)28-33-22-6-3-2-5-20(22)29(36)34(28)32-15-17-13-18(30)9-11-23(17)41-27-12-10-19(16-31-27)35(37)38/h2-16H,1H3. The molecule has 202 valence electrons. The van der Waals surface area contributed by atoms with Crippen LogP contribution in [0.3, 0.4) is 0 Å². The Bertz CT molecular complexity index is 2030. The maximum Gasteiger partial charge on any atom is 0.287 e. The lowest BCUT2D eigenvalue weighted by molar-refractivity contribution is -0.385. The first-order chi connectivity index (χ1) is 19.9. The van der Waals surface area contributed by atoms with Gasteiger partial charge in [0.1, 0.15) is 23.3 Å². The summed E-state index contributed by atoms with van der Waals surface area (Å²) in [6.45, 7) is 0. The number of ether oxygens (including phenoxy) is 2. The van der Waals surface area contributed by atoms with Crippen molar-refractivity contribution in [1.29, 1.82) is 0 Å². The molecule has 0 bridgehead atoms. The molecule has 0 radical (unpaired) electrons. The molecule has 3 heterocycles. The second kappa shape index (κ2) is 10.7. The summed E-state index contributed by atoms with van der Waals surface area (Å²) in [4.78, 5) is 32.8. The molecule has 0 atom stereocenters. The van der Waals surface area contributed by atoms with Gasteiger partial charge in [0, 0.05) is 22.2 Å². The Morgan fingerprint density at radius 3 is 2.66 bits per heavy atom. The lowest BCUT2D eigenvalue weighted by atomic mass is 10.2. The summed E-state index contributed by atoms with van der Waals surface area (Å²) in [5.41, 5.74) is 0.993. The van der Waals surface area contributed by atoms with E-state index in [4.69, 9.17) is 18.9 Å². The number of hydrogen-bond donors (Lipinski definition) is 0. The molecule has 12 heteroatoms. The highest BCUT2D eigenvalue weighted by Gasteiger charge is 2.18. The zero-order chi connectivity index (χ0) is 28.5. The molecule has 0 aliphatic carbocycles. The van der Waals surface area contributed by atoms with Crippen LogP contribution >= 0.6 is 15.9 Å². The van der Waals surface area contributed by atoms with Crippen molar-refractivity contribution in [3.8, 4) is 29.0 Å². The topological polar surface area (TPSA) is 135 Å². The smallest absolute Gasteiger partial charge is 0.287 e. The maximum absolute atomic E-state index is 13.6. The number of aromatic nitrogens is 3. The van der Waals surface area contributed by atoms with E-state index in [1.807, 2.05) is 12.1 Å². The number of fused-ring (bicyclic) bond motifs is 2. The Labute approximate surface area is 239 Å². The van der Waals surface area contributed by atoms with Crippen molar-refractivity contribution in [2.45, 2.75) is 0 Å². The molecule has 0 aliphatic heterocycles. The van der Waals surface area contributed by atoms with Crippen molar-refractivity contribution in [1.82, 2.24) is 14.6 Å². The molecule has 6 aromatic rings. The molecule has 0 saturated heterocycles. The lowest BCUT2D eigenvalue weighted by Crippen LogP contribution is -2.20. The van der Waals surface area contributed by atoms with Crippen molar-refractivity contribution in [2.75, 3.05) is 7.11 Å². The molecule has 0 aliphatic rings. The fraction of sp³-hybridized carbons (Fsp3) is 0.0345. The number of para-hydroxylation sites is 1. The minimum absolute atomic E-state index is 0.147. The molecular weight excluding hydrogens is 594 g/mol. The van der Waals surface area contributed by atoms with Crippen LogP contribution in [0.2, 0.25) is 0 Å². The first kappa shape index (κ1) is 25.9. The number of benzene rings is 3. The van der Waals surface area contributed by atoms with Crippen LogP contribution in [0.1, 0.15) is 5.56 Å². The summed E-state index contributed by atoms with van der Waals surface area (Å²) in [5.74, 6) is 1.64. The summed E-state index contributed by atoms with van der Waals surface area (Å²) in [6.07, 6.45) is 2.56. The third kappa shape index (κ3) is 5.03. The van der Waals surface area contributed by atoms with Crippen molar-refractivity contribution >= 4 is 49.7 Å². The van der Waals surface area contributed by atoms with Gasteiger partial charge >= 0.3 is 0 Å². The number of hydrogen-bond acceptors (Lipinski definition) is 9. The van der Waals surface area contributed by atoms with Crippen LogP contribution in [0.15, 0.2) is 104 Å². The van der Waals surface area contributed by atoms with E-state index < -0.39 is 10.5 Å². The summed E-state index contributed by atoms with van der Waals surface area (Å²) < 4.78 is 19.3. The van der Waals surface area contributed by atoms with Crippen LogP contribution < -0.4 is 15.0 Å². The number of furan rings is 1. The largest absolute Gasteiger partial charge is 0.496 e. The molecule has 0 unspecified atom stereocenters. The maximum atomic E-state index is 13.6. The Morgan fingerprint density at radius 2 is 1.88 bits per heavy atom. The minimum Gasteiger partial charge on any atom is -0.496 e. The summed E-state index contributed by atoms with van der Waals surface area (Å²) in [6, 6.07) is 22.0. The lowest BCUT2D eigenvalue weighted by Gasteiger charge is -2.09. The fourth-order valence-electron chi connectivity index (χ4n) is 4.20. The molecule has 0 fully saturated rings. The molecule has 3 aromatic carbocycles. The van der Waals surface area contributed by atoms with Gasteiger partial charge in [0.2, 0.25) is 11.7 Å². The van der Waals surface area contributed by atoms with E-state index in [0.717, 1.165) is 16.1 Å². The van der Waals surface area contributed by atoms with Crippen LogP contribution in [0, 0.1) is 10.1 Å². The number of halogens is 1. The first-order valence-electron chi connectivity index (χ1n) is 12.1. The van der Waals surface area contributed by atoms with E-state index in [1.165, 1.54) is 23.0 Å². The third-order valence-electron chi connectivity index (χ3n) is 6.15. The van der Waals surface area contributed by atoms with Crippen LogP contribution in [0.25, 0.3) is 33.5 Å². The third-order valence-corrected chi connectivity index (χ3v) is 6.64. The van der Waals surface area contributed by atoms with Gasteiger partial charge in [0.15, 0.2) is 5.76 Å². The average Bonchev–Trinajstić information content (AvgIpc) is 3.42. The zero-order valence-electron chi connectivity index (χ0n) is 21.2. The van der Waals surface area contributed by atoms with Crippen molar-refractivity contribution in [2.24, 2.45) is 5.10 Å². The number of rotatable bonds is 7. The van der Waals surface area contributed by atoms with Crippen LogP contribution in [0.5, 0.6) is 17.4 Å². The van der Waals surface area contributed by atoms with E-state index >= 15 is 0 Å². The highest BCUT2D eigenvalue weighted by Crippen LogP contribution is 2.33. The van der Waals surface area contributed by atoms with Gasteiger partial charge in [-0.15, -0.1) is 0 Å². The van der Waals surface area contributed by atoms with E-state index in [1.54, 1.807) is 61.7 Å². The quantitative estimate of drug-likeness (QED) is 0.112. The van der Waals surface area contributed by atoms with Crippen LogP contribution in [-0.2, 0) is 0 Å². The molecular formula is C29H18BrN5O6. The van der Waals surface area contributed by atoms with Gasteiger partial charge in [0.25, 0.3) is 11.2 Å². The Balaban J connectivity index is 1.47. The monoisotopic (exact) mass is 611 g/mol. The van der Waals surface area contributed by atoms with Crippen molar-refractivity contribution in [3.63, 3.8) is 0 Å². The summed E-state index contributed by atoms with van der Waals surface area (Å²) >= 11 is 3.45. The van der Waals surface area contributed by atoms with Crippen molar-refractivity contribution in [3.05, 3.63) is 116 Å². The Hall–Kier alpha value is -5.36. The molecule has 3 aromatic heterocycles. The van der Waals surface area contributed by atoms with Gasteiger partial charge in [-0.1, -0.05) is 34.1 Å². The predicted octanol–water partition coefficient (Wildman–Crippen LogP) is 6.56. The molecule has 0 N–H and O–H groups in total. The van der Waals surface area contributed by atoms with Crippen molar-refractivity contribution < 1.29 is 18.8 Å². The molecule has 6 rings (SSSR count). The second-order valence-corrected chi connectivity index (χ2v) is 9.61. The Kier molecular flexibility index (Phi) is 6.73. The van der Waals surface area contributed by atoms with Crippen LogP contribution in [-0.4, -0.2) is 32.9 Å². The van der Waals surface area contributed by atoms with E-state index in [0.29, 0.717) is 39.3 Å². The van der Waals surface area contributed by atoms with E-state index in [-0.39, 0.29) is 17.4 Å². The highest BCUT2D eigenvalue weighted by atomic mass is 79.9. The fourth-order valence-corrected chi connectivity index (χ4v) is 4.58. The average molecular weight is 612 g/mol. The van der Waals surface area contributed by atoms with E-state index in [2.05, 4.69) is 26.0 Å². The number of nitrogens with zero attached hydrogens (tertiary/aromatic N) is 5. The minimum atomic E-state index is -0.542. The number of pyridine rings is 1. The highest BCUT2D eigenvalue weighted by molar-refractivity contribution is 9.10. The zero-order valence-corrected chi connectivity index (χ0v) is 22.8. The van der Waals surface area contributed by atoms with Gasteiger partial charge in [-0.25, -0.2) is 9.97 Å². The molecule has 0 amide bonds. The summed E-state index contributed by atoms with van der Waals surface area (Å²) in [7, 11) is 1.57. The van der Waals surface area contributed by atoms with Gasteiger partial charge in [-0.2, -0.15) is 9.78 Å². The van der Waals surface area contributed by atoms with Gasteiger partial charge in [-0.05, 0) is 48.5 Å². The summed E-state index contributed by atoms with van der Waals surface area (Å²) in [5, 5.41) is 16.6. The van der Waals surface area contributed by atoms with Gasteiger partial charge in [-0.3, -0.25) is 14.9 Å². The Morgan fingerprint density at radius 1 is 1.02 bits per heavy atom. The number of methoxy groups -OCH3 is 1. The van der Waals surface area contributed by atoms with Gasteiger partial charge in [0.05, 0.1) is 34.5 Å². The predicted molar refractivity (Wildman–Crippen MR) is 156 cm³/mol. The normalized spacial score (nSPS) is 11.4. The van der Waals surface area contributed by atoms with Crippen LogP contribution in [0.4, 0.5) is 5.69 Å². The molecule has 41 heavy (non-hydrogen) atoms. The molecule has 0 spiro atoms. The molecule has 11 nitrogen and oxygen atoms in total.